The number of fused-ring (bicyclic) bond motifs is 1. The molecule has 0 fully saturated rings. The summed E-state index contributed by atoms with van der Waals surface area (Å²) in [5, 5.41) is 6.66. The van der Waals surface area contributed by atoms with Crippen molar-refractivity contribution in [2.75, 3.05) is 5.32 Å². The third-order valence-corrected chi connectivity index (χ3v) is 3.50. The Morgan fingerprint density at radius 2 is 2.16 bits per heavy atom. The first-order valence-corrected chi connectivity index (χ1v) is 6.59. The highest BCUT2D eigenvalue weighted by Crippen LogP contribution is 2.28. The Morgan fingerprint density at radius 1 is 1.32 bits per heavy atom. The lowest BCUT2D eigenvalue weighted by Crippen LogP contribution is -2.14. The van der Waals surface area contributed by atoms with Crippen molar-refractivity contribution in [1.82, 2.24) is 5.16 Å². The smallest absolute Gasteiger partial charge is 0.294 e. The molecule has 0 unspecified atom stereocenters. The molecule has 0 bridgehead atoms. The number of amides is 1. The second-order valence-corrected chi connectivity index (χ2v) is 4.94. The van der Waals surface area contributed by atoms with Gasteiger partial charge in [0.25, 0.3) is 5.91 Å². The van der Waals surface area contributed by atoms with Gasteiger partial charge in [-0.25, -0.2) is 0 Å². The van der Waals surface area contributed by atoms with Gasteiger partial charge >= 0.3 is 0 Å². The van der Waals surface area contributed by atoms with Gasteiger partial charge in [-0.1, -0.05) is 17.3 Å². The van der Waals surface area contributed by atoms with Crippen LogP contribution in [0.25, 0.3) is 0 Å². The zero-order valence-electron chi connectivity index (χ0n) is 10.9. The Morgan fingerprint density at radius 3 is 2.95 bits per heavy atom. The summed E-state index contributed by atoms with van der Waals surface area (Å²) in [7, 11) is 0. The Hall–Kier alpha value is -2.10. The molecule has 4 heteroatoms. The maximum atomic E-state index is 12.1. The van der Waals surface area contributed by atoms with Gasteiger partial charge in [-0.15, -0.1) is 0 Å². The Kier molecular flexibility index (Phi) is 3.07. The van der Waals surface area contributed by atoms with E-state index < -0.39 is 0 Å². The van der Waals surface area contributed by atoms with Crippen molar-refractivity contribution >= 4 is 11.6 Å². The predicted molar refractivity (Wildman–Crippen MR) is 72.3 cm³/mol. The molecule has 0 spiro atoms. The van der Waals surface area contributed by atoms with E-state index in [0.717, 1.165) is 18.5 Å². The topological polar surface area (TPSA) is 55.1 Å². The van der Waals surface area contributed by atoms with E-state index in [1.165, 1.54) is 24.0 Å². The standard InChI is InChI=1S/C15H16N2O2/c1-10-9-14(19-17-10)15(18)16-13-8-4-6-11-5-2-3-7-12(11)13/h4,6,8-9H,2-3,5,7H2,1H3,(H,16,18). The molecule has 19 heavy (non-hydrogen) atoms. The van der Waals surface area contributed by atoms with Gasteiger partial charge in [0.2, 0.25) is 5.76 Å². The van der Waals surface area contributed by atoms with Crippen LogP contribution in [-0.2, 0) is 12.8 Å². The fraction of sp³-hybridized carbons (Fsp3) is 0.333. The number of carbonyl (C=O) groups excluding carboxylic acids is 1. The summed E-state index contributed by atoms with van der Waals surface area (Å²) in [6.45, 7) is 1.80. The third kappa shape index (κ3) is 2.38. The summed E-state index contributed by atoms with van der Waals surface area (Å²) in [5.74, 6) is 0.0190. The molecule has 0 saturated carbocycles. The molecular weight excluding hydrogens is 240 g/mol. The second kappa shape index (κ2) is 4.88. The fourth-order valence-corrected chi connectivity index (χ4v) is 2.55. The summed E-state index contributed by atoms with van der Waals surface area (Å²) < 4.78 is 4.98. The molecule has 1 amide bonds. The summed E-state index contributed by atoms with van der Waals surface area (Å²) in [4.78, 5) is 12.1. The van der Waals surface area contributed by atoms with E-state index in [9.17, 15) is 4.79 Å². The van der Waals surface area contributed by atoms with Gasteiger partial charge in [-0.2, -0.15) is 0 Å². The van der Waals surface area contributed by atoms with E-state index in [4.69, 9.17) is 4.52 Å². The largest absolute Gasteiger partial charge is 0.351 e. The van der Waals surface area contributed by atoms with E-state index in [1.54, 1.807) is 13.0 Å². The van der Waals surface area contributed by atoms with E-state index in [-0.39, 0.29) is 11.7 Å². The van der Waals surface area contributed by atoms with Gasteiger partial charge in [-0.05, 0) is 49.8 Å². The molecule has 4 nitrogen and oxygen atoms in total. The van der Waals surface area contributed by atoms with Gasteiger partial charge in [0, 0.05) is 11.8 Å². The Bertz CT molecular complexity index is 616. The minimum Gasteiger partial charge on any atom is -0.351 e. The van der Waals surface area contributed by atoms with Gasteiger partial charge in [0.15, 0.2) is 0 Å². The van der Waals surface area contributed by atoms with Crippen LogP contribution in [0.2, 0.25) is 0 Å². The van der Waals surface area contributed by atoms with Crippen molar-refractivity contribution in [3.8, 4) is 0 Å². The molecule has 1 aliphatic carbocycles. The molecule has 0 radical (unpaired) electrons. The maximum Gasteiger partial charge on any atom is 0.294 e. The zero-order valence-corrected chi connectivity index (χ0v) is 10.9. The number of nitrogens with zero attached hydrogens (tertiary/aromatic N) is 1. The Balaban J connectivity index is 1.85. The maximum absolute atomic E-state index is 12.1. The highest BCUT2D eigenvalue weighted by molar-refractivity contribution is 6.02. The van der Waals surface area contributed by atoms with Crippen LogP contribution in [0.1, 0.15) is 40.2 Å². The Labute approximate surface area is 111 Å². The lowest BCUT2D eigenvalue weighted by Gasteiger charge is -2.19. The first-order chi connectivity index (χ1) is 9.24. The zero-order chi connectivity index (χ0) is 13.2. The molecule has 2 aromatic rings. The summed E-state index contributed by atoms with van der Waals surface area (Å²) in [6, 6.07) is 7.73. The number of aromatic nitrogens is 1. The van der Waals surface area contributed by atoms with Crippen molar-refractivity contribution in [3.63, 3.8) is 0 Å². The fourth-order valence-electron chi connectivity index (χ4n) is 2.55. The minimum absolute atomic E-state index is 0.237. The van der Waals surface area contributed by atoms with E-state index in [2.05, 4.69) is 16.5 Å². The molecule has 0 aliphatic heterocycles. The van der Waals surface area contributed by atoms with Gasteiger partial charge in [0.1, 0.15) is 0 Å². The van der Waals surface area contributed by atoms with E-state index in [0.29, 0.717) is 5.69 Å². The average molecular weight is 256 g/mol. The van der Waals surface area contributed by atoms with Gasteiger partial charge in [0.05, 0.1) is 5.69 Å². The monoisotopic (exact) mass is 256 g/mol. The number of rotatable bonds is 2. The number of hydrogen-bond donors (Lipinski definition) is 1. The number of carbonyl (C=O) groups is 1. The number of hydrogen-bond acceptors (Lipinski definition) is 3. The van der Waals surface area contributed by atoms with Crippen LogP contribution in [0, 0.1) is 6.92 Å². The molecule has 98 valence electrons. The quantitative estimate of drug-likeness (QED) is 0.898. The molecule has 0 saturated heterocycles. The predicted octanol–water partition coefficient (Wildman–Crippen LogP) is 3.11. The number of aryl methyl sites for hydroxylation is 2. The van der Waals surface area contributed by atoms with Crippen LogP contribution in [0.4, 0.5) is 5.69 Å². The van der Waals surface area contributed by atoms with E-state index in [1.807, 2.05) is 12.1 Å². The highest BCUT2D eigenvalue weighted by atomic mass is 16.5. The van der Waals surface area contributed by atoms with Crippen LogP contribution >= 0.6 is 0 Å². The third-order valence-electron chi connectivity index (χ3n) is 3.50. The first-order valence-electron chi connectivity index (χ1n) is 6.59. The lowest BCUT2D eigenvalue weighted by molar-refractivity contribution is 0.0987. The van der Waals surface area contributed by atoms with Crippen molar-refractivity contribution in [2.45, 2.75) is 32.6 Å². The van der Waals surface area contributed by atoms with Crippen LogP contribution < -0.4 is 5.32 Å². The van der Waals surface area contributed by atoms with Gasteiger partial charge in [-0.3, -0.25) is 4.79 Å². The van der Waals surface area contributed by atoms with Crippen LogP contribution in [0.3, 0.4) is 0 Å². The molecular formula is C15H16N2O2. The first kappa shape index (κ1) is 12.0. The molecule has 1 heterocycles. The summed E-state index contributed by atoms with van der Waals surface area (Å²) in [5.41, 5.74) is 4.22. The van der Waals surface area contributed by atoms with E-state index >= 15 is 0 Å². The van der Waals surface area contributed by atoms with Crippen molar-refractivity contribution in [3.05, 3.63) is 46.8 Å². The van der Waals surface area contributed by atoms with Crippen LogP contribution in [-0.4, -0.2) is 11.1 Å². The highest BCUT2D eigenvalue weighted by Gasteiger charge is 2.17. The minimum atomic E-state index is -0.237. The number of anilines is 1. The van der Waals surface area contributed by atoms with Crippen LogP contribution in [0.15, 0.2) is 28.8 Å². The summed E-state index contributed by atoms with van der Waals surface area (Å²) in [6.07, 6.45) is 4.54. The van der Waals surface area contributed by atoms with Crippen molar-refractivity contribution < 1.29 is 9.32 Å². The molecule has 1 aliphatic rings. The van der Waals surface area contributed by atoms with Gasteiger partial charge < -0.3 is 9.84 Å². The lowest BCUT2D eigenvalue weighted by atomic mass is 9.90. The van der Waals surface area contributed by atoms with Crippen molar-refractivity contribution in [1.29, 1.82) is 0 Å². The number of benzene rings is 1. The molecule has 1 N–H and O–H groups in total. The molecule has 1 aromatic heterocycles. The molecule has 1 aromatic carbocycles. The SMILES string of the molecule is Cc1cc(C(=O)Nc2cccc3c2CCCC3)on1. The normalized spacial score (nSPS) is 13.9. The molecule has 3 rings (SSSR count). The van der Waals surface area contributed by atoms with Crippen molar-refractivity contribution in [2.24, 2.45) is 0 Å². The summed E-state index contributed by atoms with van der Waals surface area (Å²) >= 11 is 0. The number of nitrogens with one attached hydrogen (secondary N) is 1. The van der Waals surface area contributed by atoms with Crippen LogP contribution in [0.5, 0.6) is 0 Å². The second-order valence-electron chi connectivity index (χ2n) is 4.94. The average Bonchev–Trinajstić information content (AvgIpc) is 2.86. The molecule has 0 atom stereocenters.